The lowest BCUT2D eigenvalue weighted by molar-refractivity contribution is -0.118. The molecule has 2 aliphatic heterocycles. The number of aliphatic hydroxyl groups excluding tert-OH is 1. The van der Waals surface area contributed by atoms with E-state index in [4.69, 9.17) is 21.1 Å². The minimum Gasteiger partial charge on any atom is -0.481 e. The van der Waals surface area contributed by atoms with Crippen LogP contribution in [0.2, 0.25) is 5.02 Å². The zero-order valence-electron chi connectivity index (χ0n) is 20.1. The number of methoxy groups -OCH3 is 1. The lowest BCUT2D eigenvalue weighted by Gasteiger charge is -2.33. The summed E-state index contributed by atoms with van der Waals surface area (Å²) in [5, 5.41) is 17.7. The maximum atomic E-state index is 11.5. The van der Waals surface area contributed by atoms with Crippen molar-refractivity contribution >= 4 is 59.2 Å². The molecule has 0 aliphatic carbocycles. The van der Waals surface area contributed by atoms with Crippen molar-refractivity contribution in [1.29, 1.82) is 0 Å². The molecule has 5 rings (SSSR count). The number of nitrogens with zero attached hydrogens (tertiary/aromatic N) is 4. The van der Waals surface area contributed by atoms with Gasteiger partial charge in [-0.25, -0.2) is 9.97 Å². The number of nitrogens with one attached hydrogen (secondary N) is 2. The average Bonchev–Trinajstić information content (AvgIpc) is 2.87. The SMILES string of the molecule is COc1ccc2ncc(Cl)c(C(O)CN3CCC(NCc4ccc5c(n4)NC(=O)CO5)CC3)c2n1.Cl.Cl. The van der Waals surface area contributed by atoms with E-state index in [1.165, 1.54) is 0 Å². The predicted molar refractivity (Wildman–Crippen MR) is 145 cm³/mol. The van der Waals surface area contributed by atoms with Crippen LogP contribution in [-0.4, -0.2) is 70.3 Å². The van der Waals surface area contributed by atoms with Gasteiger partial charge in [-0.3, -0.25) is 9.78 Å². The molecule has 1 amide bonds. The second kappa shape index (κ2) is 12.9. The van der Waals surface area contributed by atoms with Gasteiger partial charge < -0.3 is 30.1 Å². The fourth-order valence-corrected chi connectivity index (χ4v) is 4.75. The minimum atomic E-state index is -0.797. The van der Waals surface area contributed by atoms with E-state index in [1.54, 1.807) is 19.4 Å². The average molecular weight is 572 g/mol. The van der Waals surface area contributed by atoms with Crippen molar-refractivity contribution in [3.8, 4) is 11.6 Å². The highest BCUT2D eigenvalue weighted by molar-refractivity contribution is 6.32. The Bertz CT molecular complexity index is 1240. The van der Waals surface area contributed by atoms with E-state index in [-0.39, 0.29) is 37.3 Å². The summed E-state index contributed by atoms with van der Waals surface area (Å²) < 4.78 is 10.6. The van der Waals surface area contributed by atoms with Gasteiger partial charge in [-0.2, -0.15) is 0 Å². The van der Waals surface area contributed by atoms with E-state index in [0.29, 0.717) is 58.2 Å². The number of anilines is 1. The van der Waals surface area contributed by atoms with Gasteiger partial charge in [0.25, 0.3) is 5.91 Å². The number of piperidine rings is 1. The van der Waals surface area contributed by atoms with Gasteiger partial charge in [-0.15, -0.1) is 24.8 Å². The Balaban J connectivity index is 0.00000190. The van der Waals surface area contributed by atoms with Crippen LogP contribution < -0.4 is 20.1 Å². The summed E-state index contributed by atoms with van der Waals surface area (Å²) in [6, 6.07) is 7.62. The third-order valence-corrected chi connectivity index (χ3v) is 6.64. The van der Waals surface area contributed by atoms with Crippen molar-refractivity contribution in [2.24, 2.45) is 0 Å². The van der Waals surface area contributed by atoms with Crippen LogP contribution in [0.3, 0.4) is 0 Å². The Hall–Kier alpha value is -2.47. The molecule has 3 N–H and O–H groups in total. The quantitative estimate of drug-likeness (QED) is 0.393. The molecule has 13 heteroatoms. The van der Waals surface area contributed by atoms with Gasteiger partial charge in [0.1, 0.15) is 5.52 Å². The van der Waals surface area contributed by atoms with Crippen LogP contribution >= 0.6 is 36.4 Å². The largest absolute Gasteiger partial charge is 0.481 e. The van der Waals surface area contributed by atoms with Crippen LogP contribution in [0.5, 0.6) is 11.6 Å². The summed E-state index contributed by atoms with van der Waals surface area (Å²) in [6.07, 6.45) is 2.64. The number of pyridine rings is 3. The van der Waals surface area contributed by atoms with Gasteiger partial charge in [0.2, 0.25) is 5.88 Å². The molecule has 5 heterocycles. The summed E-state index contributed by atoms with van der Waals surface area (Å²) >= 11 is 6.42. The number of halogens is 3. The number of aliphatic hydroxyl groups is 1. The second-order valence-corrected chi connectivity index (χ2v) is 9.11. The molecule has 0 bridgehead atoms. The molecule has 1 saturated heterocycles. The zero-order chi connectivity index (χ0) is 24.4. The highest BCUT2D eigenvalue weighted by Crippen LogP contribution is 2.31. The topological polar surface area (TPSA) is 122 Å². The van der Waals surface area contributed by atoms with Gasteiger partial charge in [-0.1, -0.05) is 11.6 Å². The number of carbonyl (C=O) groups excluding carboxylic acids is 1. The molecule has 1 fully saturated rings. The summed E-state index contributed by atoms with van der Waals surface area (Å²) in [4.78, 5) is 27.0. The Morgan fingerprint density at radius 1 is 1.24 bits per heavy atom. The monoisotopic (exact) mass is 570 g/mol. The summed E-state index contributed by atoms with van der Waals surface area (Å²) in [6.45, 7) is 2.76. The number of likely N-dealkylation sites (tertiary alicyclic amines) is 1. The normalized spacial score (nSPS) is 16.6. The molecule has 1 atom stereocenters. The molecular formula is C24H29Cl3N6O4. The third kappa shape index (κ3) is 6.70. The maximum absolute atomic E-state index is 11.5. The first-order valence-electron chi connectivity index (χ1n) is 11.6. The minimum absolute atomic E-state index is 0. The van der Waals surface area contributed by atoms with Crippen molar-refractivity contribution in [2.45, 2.75) is 31.5 Å². The molecule has 1 unspecified atom stereocenters. The van der Waals surface area contributed by atoms with E-state index in [0.717, 1.165) is 31.6 Å². The number of hydrogen-bond acceptors (Lipinski definition) is 9. The lowest BCUT2D eigenvalue weighted by Crippen LogP contribution is -2.43. The number of amides is 1. The molecule has 2 aliphatic rings. The highest BCUT2D eigenvalue weighted by Gasteiger charge is 2.25. The van der Waals surface area contributed by atoms with Crippen molar-refractivity contribution in [3.63, 3.8) is 0 Å². The van der Waals surface area contributed by atoms with Crippen LogP contribution in [0.4, 0.5) is 5.82 Å². The van der Waals surface area contributed by atoms with Crippen molar-refractivity contribution in [1.82, 2.24) is 25.2 Å². The number of β-amino-alcohol motifs (C(OH)–C–C–N with tert-alkyl or cyclic N) is 1. The van der Waals surface area contributed by atoms with Crippen LogP contribution in [-0.2, 0) is 11.3 Å². The number of aromatic nitrogens is 3. The van der Waals surface area contributed by atoms with Crippen molar-refractivity contribution in [3.05, 3.63) is 46.7 Å². The van der Waals surface area contributed by atoms with E-state index >= 15 is 0 Å². The van der Waals surface area contributed by atoms with Gasteiger partial charge >= 0.3 is 0 Å². The Labute approximate surface area is 231 Å². The number of fused-ring (bicyclic) bond motifs is 2. The molecule has 0 saturated carbocycles. The van der Waals surface area contributed by atoms with Crippen molar-refractivity contribution < 1.29 is 19.4 Å². The molecule has 200 valence electrons. The first-order valence-corrected chi connectivity index (χ1v) is 11.9. The third-order valence-electron chi connectivity index (χ3n) is 6.34. The van der Waals surface area contributed by atoms with Gasteiger partial charge in [0, 0.05) is 37.0 Å². The number of hydrogen-bond donors (Lipinski definition) is 3. The highest BCUT2D eigenvalue weighted by atomic mass is 35.5. The molecule has 0 aromatic carbocycles. The van der Waals surface area contributed by atoms with Crippen LogP contribution in [0.15, 0.2) is 30.5 Å². The van der Waals surface area contributed by atoms with Gasteiger partial charge in [-0.05, 0) is 44.1 Å². The number of carbonyl (C=O) groups is 1. The second-order valence-electron chi connectivity index (χ2n) is 8.70. The smallest absolute Gasteiger partial charge is 0.263 e. The summed E-state index contributed by atoms with van der Waals surface area (Å²) in [7, 11) is 1.55. The van der Waals surface area contributed by atoms with Gasteiger partial charge in [0.15, 0.2) is 18.2 Å². The van der Waals surface area contributed by atoms with Gasteiger partial charge in [0.05, 0.1) is 29.4 Å². The van der Waals surface area contributed by atoms with Crippen LogP contribution in [0, 0.1) is 0 Å². The van der Waals surface area contributed by atoms with E-state index in [9.17, 15) is 9.90 Å². The molecular weight excluding hydrogens is 543 g/mol. The molecule has 0 radical (unpaired) electrons. The fourth-order valence-electron chi connectivity index (χ4n) is 4.48. The maximum Gasteiger partial charge on any atom is 0.263 e. The fraction of sp³-hybridized carbons (Fsp3) is 0.417. The molecule has 37 heavy (non-hydrogen) atoms. The predicted octanol–water partition coefficient (Wildman–Crippen LogP) is 3.15. The summed E-state index contributed by atoms with van der Waals surface area (Å²) in [5.41, 5.74) is 2.63. The van der Waals surface area contributed by atoms with E-state index < -0.39 is 6.10 Å². The Morgan fingerprint density at radius 3 is 2.78 bits per heavy atom. The number of ether oxygens (including phenoxy) is 2. The molecule has 0 spiro atoms. The van der Waals surface area contributed by atoms with E-state index in [1.807, 2.05) is 18.2 Å². The van der Waals surface area contributed by atoms with Crippen LogP contribution in [0.25, 0.3) is 11.0 Å². The van der Waals surface area contributed by atoms with E-state index in [2.05, 4.69) is 30.5 Å². The molecule has 10 nitrogen and oxygen atoms in total. The Morgan fingerprint density at radius 2 is 2.03 bits per heavy atom. The first-order chi connectivity index (χ1) is 17.0. The van der Waals surface area contributed by atoms with Crippen LogP contribution in [0.1, 0.15) is 30.2 Å². The summed E-state index contributed by atoms with van der Waals surface area (Å²) in [5.74, 6) is 1.32. The molecule has 3 aromatic heterocycles. The lowest BCUT2D eigenvalue weighted by atomic mass is 10.0. The standard InChI is InChI=1S/C24H27ClN6O4.2ClH/c1-34-21-5-3-17-23(30-21)22(16(25)11-27-17)18(32)12-31-8-6-14(7-9-31)26-10-15-2-4-19-24(28-15)29-20(33)13-35-19;;/h2-5,11,14,18,26,32H,6-10,12-13H2,1H3,(H,28,29,33);2*1H. The number of rotatable bonds is 7. The first kappa shape index (κ1) is 29.1. The van der Waals surface area contributed by atoms with Crippen molar-refractivity contribution in [2.75, 3.05) is 38.7 Å². The molecule has 3 aromatic rings. The Kier molecular flexibility index (Phi) is 10.1. The zero-order valence-corrected chi connectivity index (χ0v) is 22.5.